The summed E-state index contributed by atoms with van der Waals surface area (Å²) in [4.78, 5) is 3.82. The maximum Gasteiger partial charge on any atom is 0.417 e. The van der Waals surface area contributed by atoms with Gasteiger partial charge in [0.25, 0.3) is 0 Å². The number of nitrogens with zero attached hydrogens (tertiary/aromatic N) is 1. The quantitative estimate of drug-likeness (QED) is 0.436. The average Bonchev–Trinajstić information content (AvgIpc) is 2.49. The molecule has 0 aliphatic rings. The summed E-state index contributed by atoms with van der Waals surface area (Å²) >= 11 is 0. The lowest BCUT2D eigenvalue weighted by molar-refractivity contribution is -0.137. The van der Waals surface area contributed by atoms with Gasteiger partial charge in [0.15, 0.2) is 0 Å². The van der Waals surface area contributed by atoms with Crippen LogP contribution in [-0.2, 0) is 6.18 Å². The van der Waals surface area contributed by atoms with Gasteiger partial charge < -0.3 is 0 Å². The third-order valence-corrected chi connectivity index (χ3v) is 4.12. The minimum Gasteiger partial charge on any atom is -0.264 e. The zero-order valence-electron chi connectivity index (χ0n) is 13.8. The molecule has 0 amide bonds. The molecule has 0 bridgehead atoms. The molecule has 1 atom stereocenters. The SMILES string of the molecule is CCCCCCC(CCCCC)c1cncc(C(F)(F)F)c1. The van der Waals surface area contributed by atoms with Crippen molar-refractivity contribution < 1.29 is 13.2 Å². The zero-order valence-corrected chi connectivity index (χ0v) is 13.8. The summed E-state index contributed by atoms with van der Waals surface area (Å²) in [5.74, 6) is 0.207. The number of unbranched alkanes of at least 4 members (excludes halogenated alkanes) is 5. The Balaban J connectivity index is 2.75. The van der Waals surface area contributed by atoms with Gasteiger partial charge in [-0.05, 0) is 30.4 Å². The van der Waals surface area contributed by atoms with Crippen LogP contribution in [0, 0.1) is 0 Å². The molecule has 0 fully saturated rings. The number of pyridine rings is 1. The predicted molar refractivity (Wildman–Crippen MR) is 84.9 cm³/mol. The Labute approximate surface area is 132 Å². The summed E-state index contributed by atoms with van der Waals surface area (Å²) in [6, 6.07) is 1.30. The Morgan fingerprint density at radius 3 is 2.09 bits per heavy atom. The van der Waals surface area contributed by atoms with Gasteiger partial charge in [-0.3, -0.25) is 4.98 Å². The van der Waals surface area contributed by atoms with Gasteiger partial charge in [-0.1, -0.05) is 58.8 Å². The van der Waals surface area contributed by atoms with Gasteiger partial charge in [-0.15, -0.1) is 0 Å². The van der Waals surface area contributed by atoms with E-state index in [1.54, 1.807) is 6.20 Å². The molecule has 4 heteroatoms. The summed E-state index contributed by atoms with van der Waals surface area (Å²) in [6.45, 7) is 4.30. The first-order valence-electron chi connectivity index (χ1n) is 8.51. The summed E-state index contributed by atoms with van der Waals surface area (Å²) in [7, 11) is 0. The number of hydrogen-bond donors (Lipinski definition) is 0. The van der Waals surface area contributed by atoms with Crippen molar-refractivity contribution >= 4 is 0 Å². The van der Waals surface area contributed by atoms with Gasteiger partial charge >= 0.3 is 6.18 Å². The number of halogens is 3. The van der Waals surface area contributed by atoms with Crippen molar-refractivity contribution in [1.82, 2.24) is 4.98 Å². The van der Waals surface area contributed by atoms with Crippen molar-refractivity contribution in [3.8, 4) is 0 Å². The van der Waals surface area contributed by atoms with E-state index in [1.165, 1.54) is 18.9 Å². The average molecular weight is 315 g/mol. The number of aromatic nitrogens is 1. The van der Waals surface area contributed by atoms with Gasteiger partial charge in [0.2, 0.25) is 0 Å². The third-order valence-electron chi connectivity index (χ3n) is 4.12. The first kappa shape index (κ1) is 19.0. The molecule has 0 spiro atoms. The highest BCUT2D eigenvalue weighted by Gasteiger charge is 2.31. The van der Waals surface area contributed by atoms with Crippen molar-refractivity contribution in [1.29, 1.82) is 0 Å². The first-order valence-corrected chi connectivity index (χ1v) is 8.51. The van der Waals surface area contributed by atoms with Crippen LogP contribution in [0.1, 0.15) is 88.7 Å². The molecule has 0 aliphatic carbocycles. The lowest BCUT2D eigenvalue weighted by Crippen LogP contribution is -2.08. The second-order valence-corrected chi connectivity index (χ2v) is 6.05. The van der Waals surface area contributed by atoms with Gasteiger partial charge in [0, 0.05) is 12.4 Å². The van der Waals surface area contributed by atoms with Crippen molar-refractivity contribution in [3.05, 3.63) is 29.6 Å². The highest BCUT2D eigenvalue weighted by Crippen LogP contribution is 2.33. The van der Waals surface area contributed by atoms with Crippen LogP contribution >= 0.6 is 0 Å². The van der Waals surface area contributed by atoms with E-state index in [0.717, 1.165) is 56.7 Å². The maximum absolute atomic E-state index is 12.9. The van der Waals surface area contributed by atoms with E-state index in [0.29, 0.717) is 0 Å². The Hall–Kier alpha value is -1.06. The van der Waals surface area contributed by atoms with E-state index in [9.17, 15) is 13.2 Å². The number of rotatable bonds is 10. The molecule has 1 nitrogen and oxygen atoms in total. The lowest BCUT2D eigenvalue weighted by atomic mass is 9.88. The monoisotopic (exact) mass is 315 g/mol. The van der Waals surface area contributed by atoms with E-state index in [4.69, 9.17) is 0 Å². The topological polar surface area (TPSA) is 12.9 Å². The van der Waals surface area contributed by atoms with E-state index in [-0.39, 0.29) is 5.92 Å². The summed E-state index contributed by atoms with van der Waals surface area (Å²) in [5.41, 5.74) is 0.126. The van der Waals surface area contributed by atoms with E-state index in [2.05, 4.69) is 18.8 Å². The standard InChI is InChI=1S/C18H28F3N/c1-3-5-7-9-11-15(10-8-6-4-2)16-12-17(14-22-13-16)18(19,20)21/h12-15H,3-11H2,1-2H3. The van der Waals surface area contributed by atoms with Crippen LogP contribution in [0.15, 0.2) is 18.5 Å². The van der Waals surface area contributed by atoms with Crippen LogP contribution in [0.2, 0.25) is 0 Å². The highest BCUT2D eigenvalue weighted by molar-refractivity contribution is 5.23. The molecule has 0 N–H and O–H groups in total. The summed E-state index contributed by atoms with van der Waals surface area (Å²) < 4.78 is 38.6. The molecule has 1 aromatic heterocycles. The Kier molecular flexibility index (Phi) is 8.51. The van der Waals surface area contributed by atoms with Crippen LogP contribution in [0.25, 0.3) is 0 Å². The molecular weight excluding hydrogens is 287 g/mol. The molecule has 1 unspecified atom stereocenters. The molecule has 126 valence electrons. The fourth-order valence-electron chi connectivity index (χ4n) is 2.77. The fourth-order valence-corrected chi connectivity index (χ4v) is 2.77. The molecule has 1 heterocycles. The molecule has 1 rings (SSSR count). The Morgan fingerprint density at radius 2 is 1.50 bits per heavy atom. The molecular formula is C18H28F3N. The molecule has 22 heavy (non-hydrogen) atoms. The largest absolute Gasteiger partial charge is 0.417 e. The minimum atomic E-state index is -4.31. The van der Waals surface area contributed by atoms with Gasteiger partial charge in [0.1, 0.15) is 0 Å². The normalized spacial score (nSPS) is 13.3. The van der Waals surface area contributed by atoms with E-state index >= 15 is 0 Å². The number of alkyl halides is 3. The smallest absolute Gasteiger partial charge is 0.264 e. The molecule has 1 aromatic rings. The molecule has 0 aliphatic heterocycles. The van der Waals surface area contributed by atoms with Crippen LogP contribution in [0.3, 0.4) is 0 Å². The van der Waals surface area contributed by atoms with Crippen molar-refractivity contribution in [2.24, 2.45) is 0 Å². The molecule has 0 saturated heterocycles. The summed E-state index contributed by atoms with van der Waals surface area (Å²) in [5, 5.41) is 0. The van der Waals surface area contributed by atoms with E-state index < -0.39 is 11.7 Å². The van der Waals surface area contributed by atoms with Gasteiger partial charge in [-0.25, -0.2) is 0 Å². The maximum atomic E-state index is 12.9. The Morgan fingerprint density at radius 1 is 0.909 bits per heavy atom. The molecule has 0 saturated carbocycles. The highest BCUT2D eigenvalue weighted by atomic mass is 19.4. The zero-order chi connectivity index (χ0) is 16.4. The van der Waals surface area contributed by atoms with Crippen molar-refractivity contribution in [2.45, 2.75) is 83.7 Å². The van der Waals surface area contributed by atoms with Gasteiger partial charge in [0.05, 0.1) is 5.56 Å². The lowest BCUT2D eigenvalue weighted by Gasteiger charge is -2.18. The van der Waals surface area contributed by atoms with Crippen molar-refractivity contribution in [2.75, 3.05) is 0 Å². The Bertz CT molecular complexity index is 415. The van der Waals surface area contributed by atoms with Crippen LogP contribution < -0.4 is 0 Å². The van der Waals surface area contributed by atoms with Crippen LogP contribution in [0.4, 0.5) is 13.2 Å². The van der Waals surface area contributed by atoms with Gasteiger partial charge in [-0.2, -0.15) is 13.2 Å². The van der Waals surface area contributed by atoms with Crippen molar-refractivity contribution in [3.63, 3.8) is 0 Å². The fraction of sp³-hybridized carbons (Fsp3) is 0.722. The second kappa shape index (κ2) is 9.86. The van der Waals surface area contributed by atoms with E-state index in [1.807, 2.05) is 0 Å². The third kappa shape index (κ3) is 6.80. The predicted octanol–water partition coefficient (Wildman–Crippen LogP) is 6.73. The second-order valence-electron chi connectivity index (χ2n) is 6.05. The molecule has 0 aromatic carbocycles. The summed E-state index contributed by atoms with van der Waals surface area (Å²) in [6.07, 6.45) is 8.11. The molecule has 0 radical (unpaired) electrons. The van der Waals surface area contributed by atoms with Crippen LogP contribution in [-0.4, -0.2) is 4.98 Å². The first-order chi connectivity index (χ1) is 10.5. The minimum absolute atomic E-state index is 0.207. The van der Waals surface area contributed by atoms with Crippen LogP contribution in [0.5, 0.6) is 0 Å². The number of hydrogen-bond acceptors (Lipinski definition) is 1.